The Hall–Kier alpha value is -0.730. The summed E-state index contributed by atoms with van der Waals surface area (Å²) in [7, 11) is 0. The molecule has 1 fully saturated rings. The molecule has 1 aliphatic heterocycles. The van der Waals surface area contributed by atoms with Gasteiger partial charge in [0.2, 0.25) is 0 Å². The third-order valence-electron chi connectivity index (χ3n) is 3.56. The lowest BCUT2D eigenvalue weighted by Gasteiger charge is -2.32. The predicted molar refractivity (Wildman–Crippen MR) is 77.9 cm³/mol. The van der Waals surface area contributed by atoms with Gasteiger partial charge in [-0.3, -0.25) is 0 Å². The summed E-state index contributed by atoms with van der Waals surface area (Å²) in [6.45, 7) is 5.99. The maximum atomic E-state index is 5.01. The minimum Gasteiger partial charge on any atom is -0.303 e. The number of likely N-dealkylation sites (tertiary alicyclic amines) is 1. The summed E-state index contributed by atoms with van der Waals surface area (Å²) >= 11 is 5.01. The SMILES string of the molecule is CCCN1CCC[C@@H](c2cccc(C=S)c2)C1. The largest absolute Gasteiger partial charge is 0.303 e. The second kappa shape index (κ2) is 6.27. The van der Waals surface area contributed by atoms with Crippen LogP contribution in [0.1, 0.15) is 43.2 Å². The number of piperidine rings is 1. The number of benzene rings is 1. The Balaban J connectivity index is 2.07. The average Bonchev–Trinajstić information content (AvgIpc) is 2.40. The number of hydrogen-bond donors (Lipinski definition) is 0. The van der Waals surface area contributed by atoms with Crippen LogP contribution in [0.2, 0.25) is 0 Å². The average molecular weight is 247 g/mol. The van der Waals surface area contributed by atoms with Crippen molar-refractivity contribution >= 4 is 17.6 Å². The maximum absolute atomic E-state index is 5.01. The molecule has 1 aromatic carbocycles. The van der Waals surface area contributed by atoms with E-state index >= 15 is 0 Å². The highest BCUT2D eigenvalue weighted by atomic mass is 32.1. The van der Waals surface area contributed by atoms with Crippen molar-refractivity contribution in [2.45, 2.75) is 32.1 Å². The number of nitrogens with zero attached hydrogens (tertiary/aromatic N) is 1. The molecule has 1 atom stereocenters. The quantitative estimate of drug-likeness (QED) is 0.748. The minimum absolute atomic E-state index is 0.699. The second-order valence-electron chi connectivity index (χ2n) is 4.93. The first kappa shape index (κ1) is 12.7. The molecule has 1 heterocycles. The van der Waals surface area contributed by atoms with Crippen LogP contribution in [0, 0.1) is 0 Å². The molecule has 0 amide bonds. The highest BCUT2D eigenvalue weighted by molar-refractivity contribution is 7.79. The van der Waals surface area contributed by atoms with Crippen LogP contribution >= 0.6 is 12.2 Å². The van der Waals surface area contributed by atoms with Gasteiger partial charge in [-0.1, -0.05) is 43.4 Å². The summed E-state index contributed by atoms with van der Waals surface area (Å²) in [6.07, 6.45) is 3.90. The van der Waals surface area contributed by atoms with Gasteiger partial charge in [0.25, 0.3) is 0 Å². The van der Waals surface area contributed by atoms with E-state index in [4.69, 9.17) is 12.2 Å². The molecule has 0 unspecified atom stereocenters. The summed E-state index contributed by atoms with van der Waals surface area (Å²) in [6, 6.07) is 8.73. The van der Waals surface area contributed by atoms with Crippen molar-refractivity contribution in [3.63, 3.8) is 0 Å². The van der Waals surface area contributed by atoms with Gasteiger partial charge in [-0.15, -0.1) is 0 Å². The van der Waals surface area contributed by atoms with E-state index in [0.29, 0.717) is 5.92 Å². The molecule has 2 rings (SSSR count). The van der Waals surface area contributed by atoms with Crippen molar-refractivity contribution in [3.05, 3.63) is 35.4 Å². The van der Waals surface area contributed by atoms with E-state index in [9.17, 15) is 0 Å². The molecule has 1 aliphatic rings. The van der Waals surface area contributed by atoms with Gasteiger partial charge >= 0.3 is 0 Å². The summed E-state index contributed by atoms with van der Waals surface area (Å²) in [4.78, 5) is 2.60. The predicted octanol–water partition coefficient (Wildman–Crippen LogP) is 3.62. The Bertz CT molecular complexity index is 373. The highest BCUT2D eigenvalue weighted by Crippen LogP contribution is 2.27. The monoisotopic (exact) mass is 247 g/mol. The van der Waals surface area contributed by atoms with Crippen molar-refractivity contribution in [1.82, 2.24) is 4.90 Å². The standard InChI is InChI=1S/C15H21NS/c1-2-8-16-9-4-7-15(11-16)14-6-3-5-13(10-14)12-17/h3,5-6,10,12,15H,2,4,7-9,11H2,1H3/t15-/m1/s1. The summed E-state index contributed by atoms with van der Waals surface area (Å²) in [5.41, 5.74) is 2.63. The van der Waals surface area contributed by atoms with Gasteiger partial charge in [0.05, 0.1) is 0 Å². The summed E-state index contributed by atoms with van der Waals surface area (Å²) in [5, 5.41) is 1.77. The molecule has 0 aliphatic carbocycles. The number of thiocarbonyl (C=S) groups is 1. The Morgan fingerprint density at radius 1 is 1.47 bits per heavy atom. The van der Waals surface area contributed by atoms with Crippen LogP contribution in [0.4, 0.5) is 0 Å². The lowest BCUT2D eigenvalue weighted by Crippen LogP contribution is -2.34. The molecule has 1 aromatic rings. The normalized spacial score (nSPS) is 21.4. The van der Waals surface area contributed by atoms with E-state index in [2.05, 4.69) is 36.1 Å². The van der Waals surface area contributed by atoms with E-state index in [1.165, 1.54) is 50.0 Å². The molecule has 0 bridgehead atoms. The fourth-order valence-electron chi connectivity index (χ4n) is 2.73. The Kier molecular flexibility index (Phi) is 4.69. The fourth-order valence-corrected chi connectivity index (χ4v) is 2.88. The van der Waals surface area contributed by atoms with E-state index in [1.807, 2.05) is 0 Å². The maximum Gasteiger partial charge on any atom is 0.00862 e. The molecule has 0 radical (unpaired) electrons. The third-order valence-corrected chi connectivity index (χ3v) is 3.84. The van der Waals surface area contributed by atoms with Crippen LogP contribution in [0.3, 0.4) is 0 Å². The van der Waals surface area contributed by atoms with Gasteiger partial charge < -0.3 is 4.90 Å². The van der Waals surface area contributed by atoms with Gasteiger partial charge in [-0.25, -0.2) is 0 Å². The molecule has 0 saturated carbocycles. The molecule has 0 aromatic heterocycles. The zero-order valence-electron chi connectivity index (χ0n) is 10.6. The molecule has 1 saturated heterocycles. The van der Waals surface area contributed by atoms with Crippen LogP contribution in [-0.4, -0.2) is 29.9 Å². The van der Waals surface area contributed by atoms with E-state index in [1.54, 1.807) is 5.37 Å². The van der Waals surface area contributed by atoms with Crippen molar-refractivity contribution in [3.8, 4) is 0 Å². The van der Waals surface area contributed by atoms with E-state index < -0.39 is 0 Å². The first-order valence-electron chi connectivity index (χ1n) is 6.61. The molecular weight excluding hydrogens is 226 g/mol. The number of hydrogen-bond acceptors (Lipinski definition) is 2. The molecular formula is C15H21NS. The van der Waals surface area contributed by atoms with Crippen LogP contribution in [0.25, 0.3) is 0 Å². The minimum atomic E-state index is 0.699. The molecule has 1 nitrogen and oxygen atoms in total. The first-order valence-corrected chi connectivity index (χ1v) is 7.08. The molecule has 0 N–H and O–H groups in total. The molecule has 17 heavy (non-hydrogen) atoms. The van der Waals surface area contributed by atoms with Gasteiger partial charge in [0, 0.05) is 11.9 Å². The smallest absolute Gasteiger partial charge is 0.00862 e. The zero-order chi connectivity index (χ0) is 12.1. The van der Waals surface area contributed by atoms with Crippen LogP contribution in [0.5, 0.6) is 0 Å². The van der Waals surface area contributed by atoms with Crippen molar-refractivity contribution in [2.75, 3.05) is 19.6 Å². The molecule has 2 heteroatoms. The van der Waals surface area contributed by atoms with Gasteiger partial charge in [-0.2, -0.15) is 0 Å². The van der Waals surface area contributed by atoms with Crippen LogP contribution < -0.4 is 0 Å². The van der Waals surface area contributed by atoms with Gasteiger partial charge in [-0.05, 0) is 49.4 Å². The third kappa shape index (κ3) is 3.36. The highest BCUT2D eigenvalue weighted by Gasteiger charge is 2.20. The zero-order valence-corrected chi connectivity index (χ0v) is 11.4. The first-order chi connectivity index (χ1) is 8.33. The summed E-state index contributed by atoms with van der Waals surface area (Å²) in [5.74, 6) is 0.699. The van der Waals surface area contributed by atoms with Crippen molar-refractivity contribution in [2.24, 2.45) is 0 Å². The van der Waals surface area contributed by atoms with Crippen LogP contribution in [-0.2, 0) is 0 Å². The number of rotatable bonds is 4. The second-order valence-corrected chi connectivity index (χ2v) is 5.16. The Labute approximate surface area is 110 Å². The van der Waals surface area contributed by atoms with Crippen molar-refractivity contribution in [1.29, 1.82) is 0 Å². The summed E-state index contributed by atoms with van der Waals surface area (Å²) < 4.78 is 0. The van der Waals surface area contributed by atoms with E-state index in [0.717, 1.165) is 0 Å². The van der Waals surface area contributed by atoms with Gasteiger partial charge in [0.15, 0.2) is 0 Å². The molecule has 0 spiro atoms. The Morgan fingerprint density at radius 2 is 2.35 bits per heavy atom. The van der Waals surface area contributed by atoms with E-state index in [-0.39, 0.29) is 0 Å². The fraction of sp³-hybridized carbons (Fsp3) is 0.533. The van der Waals surface area contributed by atoms with Gasteiger partial charge in [0.1, 0.15) is 0 Å². The lowest BCUT2D eigenvalue weighted by atomic mass is 9.90. The molecule has 92 valence electrons. The van der Waals surface area contributed by atoms with Crippen LogP contribution in [0.15, 0.2) is 24.3 Å². The lowest BCUT2D eigenvalue weighted by molar-refractivity contribution is 0.208. The van der Waals surface area contributed by atoms with Crippen molar-refractivity contribution < 1.29 is 0 Å². The Morgan fingerprint density at radius 3 is 3.12 bits per heavy atom. The topological polar surface area (TPSA) is 3.24 Å².